The minimum atomic E-state index is -3.40. The number of amides is 1. The van der Waals surface area contributed by atoms with Gasteiger partial charge in [-0.1, -0.05) is 6.07 Å². The van der Waals surface area contributed by atoms with E-state index in [1.807, 2.05) is 0 Å². The molecular formula is C12H10FNO3S2. The number of rotatable bonds is 3. The molecule has 0 bridgehead atoms. The zero-order chi connectivity index (χ0) is 14.0. The number of sulfone groups is 1. The van der Waals surface area contributed by atoms with Gasteiger partial charge in [-0.15, -0.1) is 11.3 Å². The summed E-state index contributed by atoms with van der Waals surface area (Å²) in [5, 5.41) is 4.27. The summed E-state index contributed by atoms with van der Waals surface area (Å²) in [5.74, 6) is -1.07. The predicted molar refractivity (Wildman–Crippen MR) is 71.8 cm³/mol. The molecule has 0 spiro atoms. The highest BCUT2D eigenvalue weighted by molar-refractivity contribution is 7.91. The molecule has 7 heteroatoms. The van der Waals surface area contributed by atoms with Crippen molar-refractivity contribution in [2.45, 2.75) is 4.90 Å². The molecule has 0 radical (unpaired) electrons. The van der Waals surface area contributed by atoms with Crippen LogP contribution in [-0.4, -0.2) is 20.6 Å². The summed E-state index contributed by atoms with van der Waals surface area (Å²) in [6.45, 7) is 0. The van der Waals surface area contributed by atoms with Gasteiger partial charge in [-0.3, -0.25) is 4.79 Å². The fourth-order valence-electron chi connectivity index (χ4n) is 1.49. The van der Waals surface area contributed by atoms with Crippen LogP contribution >= 0.6 is 11.3 Å². The quantitative estimate of drug-likeness (QED) is 0.947. The Balaban J connectivity index is 2.28. The minimum Gasteiger partial charge on any atom is -0.312 e. The van der Waals surface area contributed by atoms with E-state index in [-0.39, 0.29) is 15.5 Å². The highest BCUT2D eigenvalue weighted by Gasteiger charge is 2.17. The number of anilines is 1. The monoisotopic (exact) mass is 299 g/mol. The molecule has 4 nitrogen and oxygen atoms in total. The lowest BCUT2D eigenvalue weighted by molar-refractivity contribution is 0.102. The highest BCUT2D eigenvalue weighted by atomic mass is 32.2. The lowest BCUT2D eigenvalue weighted by Gasteiger charge is -2.05. The second-order valence-electron chi connectivity index (χ2n) is 3.85. The first-order valence-corrected chi connectivity index (χ1v) is 7.99. The Morgan fingerprint density at radius 3 is 2.68 bits per heavy atom. The normalized spacial score (nSPS) is 11.3. The first-order chi connectivity index (χ1) is 8.88. The first kappa shape index (κ1) is 13.7. The zero-order valence-electron chi connectivity index (χ0n) is 9.88. The largest absolute Gasteiger partial charge is 0.312 e. The molecule has 0 aliphatic heterocycles. The van der Waals surface area contributed by atoms with Crippen LogP contribution in [0.1, 0.15) is 10.4 Å². The van der Waals surface area contributed by atoms with E-state index < -0.39 is 21.6 Å². The van der Waals surface area contributed by atoms with E-state index in [0.717, 1.165) is 23.7 Å². The van der Waals surface area contributed by atoms with Crippen LogP contribution in [0.15, 0.2) is 40.6 Å². The van der Waals surface area contributed by atoms with Crippen molar-refractivity contribution >= 4 is 32.1 Å². The van der Waals surface area contributed by atoms with Crippen LogP contribution < -0.4 is 5.32 Å². The molecule has 0 unspecified atom stereocenters. The molecule has 0 saturated carbocycles. The number of benzene rings is 1. The third-order valence-electron chi connectivity index (χ3n) is 2.34. The van der Waals surface area contributed by atoms with Crippen molar-refractivity contribution in [1.29, 1.82) is 0 Å². The van der Waals surface area contributed by atoms with E-state index in [0.29, 0.717) is 0 Å². The van der Waals surface area contributed by atoms with Gasteiger partial charge in [-0.25, -0.2) is 12.8 Å². The summed E-state index contributed by atoms with van der Waals surface area (Å²) >= 11 is 1.10. The van der Waals surface area contributed by atoms with Crippen molar-refractivity contribution in [2.75, 3.05) is 11.6 Å². The third-order valence-corrected chi connectivity index (χ3v) is 4.44. The summed E-state index contributed by atoms with van der Waals surface area (Å²) in [6.07, 6.45) is 1.06. The Kier molecular flexibility index (Phi) is 3.68. The lowest BCUT2D eigenvalue weighted by Crippen LogP contribution is -2.13. The molecule has 100 valence electrons. The summed E-state index contributed by atoms with van der Waals surface area (Å²) in [6, 6.07) is 6.59. The molecule has 1 N–H and O–H groups in total. The second-order valence-corrected chi connectivity index (χ2v) is 6.75. The maximum atomic E-state index is 13.0. The molecule has 1 aromatic heterocycles. The molecule has 0 atom stereocenters. The van der Waals surface area contributed by atoms with Gasteiger partial charge in [0.25, 0.3) is 5.91 Å². The Labute approximate surface area is 113 Å². The predicted octanol–water partition coefficient (Wildman–Crippen LogP) is 2.54. The van der Waals surface area contributed by atoms with Crippen LogP contribution in [0.4, 0.5) is 9.39 Å². The van der Waals surface area contributed by atoms with E-state index in [2.05, 4.69) is 5.32 Å². The van der Waals surface area contributed by atoms with Crippen LogP contribution in [0.25, 0.3) is 0 Å². The van der Waals surface area contributed by atoms with E-state index in [1.54, 1.807) is 5.38 Å². The van der Waals surface area contributed by atoms with Gasteiger partial charge in [-0.2, -0.15) is 0 Å². The fourth-order valence-corrected chi connectivity index (χ4v) is 3.55. The van der Waals surface area contributed by atoms with Crippen LogP contribution in [0.2, 0.25) is 0 Å². The average Bonchev–Trinajstić information content (AvgIpc) is 2.77. The molecule has 0 aliphatic carbocycles. The van der Waals surface area contributed by atoms with Gasteiger partial charge in [0.05, 0.1) is 0 Å². The Hall–Kier alpha value is -1.73. The first-order valence-electron chi connectivity index (χ1n) is 5.22. The Bertz CT molecular complexity index is 722. The molecule has 1 aromatic carbocycles. The Morgan fingerprint density at radius 2 is 2.05 bits per heavy atom. The smallest absolute Gasteiger partial charge is 0.256 e. The number of carbonyl (C=O) groups excluding carboxylic acids is 1. The van der Waals surface area contributed by atoms with Gasteiger partial charge in [0.2, 0.25) is 0 Å². The molecule has 2 aromatic rings. The summed E-state index contributed by atoms with van der Waals surface area (Å²) in [7, 11) is -3.40. The summed E-state index contributed by atoms with van der Waals surface area (Å²) in [4.78, 5) is 11.9. The number of nitrogens with one attached hydrogen (secondary N) is 1. The van der Waals surface area contributed by atoms with E-state index in [9.17, 15) is 17.6 Å². The third kappa shape index (κ3) is 3.18. The van der Waals surface area contributed by atoms with Crippen LogP contribution in [0.3, 0.4) is 0 Å². The van der Waals surface area contributed by atoms with Gasteiger partial charge in [-0.05, 0) is 29.6 Å². The number of thiophene rings is 1. The van der Waals surface area contributed by atoms with Crippen molar-refractivity contribution in [2.24, 2.45) is 0 Å². The maximum Gasteiger partial charge on any atom is 0.256 e. The van der Waals surface area contributed by atoms with Crippen LogP contribution in [0.5, 0.6) is 0 Å². The SMILES string of the molecule is CS(=O)(=O)c1ccsc1NC(=O)c1cccc(F)c1. The van der Waals surface area contributed by atoms with Gasteiger partial charge in [0, 0.05) is 11.8 Å². The van der Waals surface area contributed by atoms with Crippen LogP contribution in [-0.2, 0) is 9.84 Å². The maximum absolute atomic E-state index is 13.0. The summed E-state index contributed by atoms with van der Waals surface area (Å²) in [5.41, 5.74) is 0.132. The molecular weight excluding hydrogens is 289 g/mol. The number of hydrogen-bond donors (Lipinski definition) is 1. The Morgan fingerprint density at radius 1 is 1.32 bits per heavy atom. The van der Waals surface area contributed by atoms with Crippen molar-refractivity contribution in [3.8, 4) is 0 Å². The van der Waals surface area contributed by atoms with Gasteiger partial charge in [0.1, 0.15) is 15.7 Å². The fraction of sp³-hybridized carbons (Fsp3) is 0.0833. The number of halogens is 1. The molecule has 19 heavy (non-hydrogen) atoms. The van der Waals surface area contributed by atoms with Crippen LogP contribution in [0, 0.1) is 5.82 Å². The minimum absolute atomic E-state index is 0.0576. The van der Waals surface area contributed by atoms with Crippen molar-refractivity contribution in [1.82, 2.24) is 0 Å². The second kappa shape index (κ2) is 5.10. The topological polar surface area (TPSA) is 63.2 Å². The molecule has 1 amide bonds. The van der Waals surface area contributed by atoms with E-state index >= 15 is 0 Å². The molecule has 0 fully saturated rings. The van der Waals surface area contributed by atoms with Gasteiger partial charge in [0.15, 0.2) is 9.84 Å². The molecule has 0 aliphatic rings. The van der Waals surface area contributed by atoms with Gasteiger partial charge < -0.3 is 5.32 Å². The average molecular weight is 299 g/mol. The molecule has 2 rings (SSSR count). The van der Waals surface area contributed by atoms with Crippen molar-refractivity contribution in [3.63, 3.8) is 0 Å². The van der Waals surface area contributed by atoms with Gasteiger partial charge >= 0.3 is 0 Å². The summed E-state index contributed by atoms with van der Waals surface area (Å²) < 4.78 is 36.0. The van der Waals surface area contributed by atoms with Crippen molar-refractivity contribution in [3.05, 3.63) is 47.1 Å². The molecule has 1 heterocycles. The van der Waals surface area contributed by atoms with E-state index in [4.69, 9.17) is 0 Å². The molecule has 0 saturated heterocycles. The lowest BCUT2D eigenvalue weighted by atomic mass is 10.2. The standard InChI is InChI=1S/C12H10FNO3S2/c1-19(16,17)10-5-6-18-12(10)14-11(15)8-3-2-4-9(13)7-8/h2-7H,1H3,(H,14,15). The van der Waals surface area contributed by atoms with Crippen molar-refractivity contribution < 1.29 is 17.6 Å². The highest BCUT2D eigenvalue weighted by Crippen LogP contribution is 2.28. The number of hydrogen-bond acceptors (Lipinski definition) is 4. The number of carbonyl (C=O) groups is 1. The zero-order valence-corrected chi connectivity index (χ0v) is 11.5. The van der Waals surface area contributed by atoms with E-state index in [1.165, 1.54) is 24.3 Å².